The Hall–Kier alpha value is -0.933. The number of rotatable bonds is 7. The van der Waals surface area contributed by atoms with Crippen LogP contribution in [0.25, 0.3) is 0 Å². The molecule has 2 rings (SSSR count). The number of hydrogen-bond acceptors (Lipinski definition) is 2. The Morgan fingerprint density at radius 3 is 2.09 bits per heavy atom. The van der Waals surface area contributed by atoms with Crippen molar-refractivity contribution in [2.45, 2.75) is 77.0 Å². The van der Waals surface area contributed by atoms with E-state index >= 15 is 0 Å². The SMILES string of the molecule is CC(C)[Si](OC[C@@H]1CCC(c2ccccc2)=N1)(C(C)C)C(C)C. The largest absolute Gasteiger partial charge is 0.414 e. The van der Waals surface area contributed by atoms with E-state index in [1.807, 2.05) is 0 Å². The van der Waals surface area contributed by atoms with Gasteiger partial charge < -0.3 is 4.43 Å². The second-order valence-electron chi connectivity index (χ2n) is 7.76. The predicted octanol–water partition coefficient (Wildman–Crippen LogP) is 5.83. The van der Waals surface area contributed by atoms with Crippen molar-refractivity contribution in [3.05, 3.63) is 35.9 Å². The topological polar surface area (TPSA) is 21.6 Å². The van der Waals surface area contributed by atoms with E-state index in [1.54, 1.807) is 0 Å². The van der Waals surface area contributed by atoms with Crippen LogP contribution in [-0.2, 0) is 4.43 Å². The van der Waals surface area contributed by atoms with E-state index in [0.717, 1.165) is 19.4 Å². The normalized spacial score (nSPS) is 19.0. The van der Waals surface area contributed by atoms with Crippen LogP contribution in [0, 0.1) is 0 Å². The van der Waals surface area contributed by atoms with Gasteiger partial charge in [-0.3, -0.25) is 4.99 Å². The summed E-state index contributed by atoms with van der Waals surface area (Å²) in [6.07, 6.45) is 2.21. The van der Waals surface area contributed by atoms with Crippen molar-refractivity contribution in [2.75, 3.05) is 6.61 Å². The van der Waals surface area contributed by atoms with Gasteiger partial charge in [0.15, 0.2) is 8.32 Å². The highest BCUT2D eigenvalue weighted by molar-refractivity contribution is 6.77. The molecule has 0 radical (unpaired) electrons. The minimum Gasteiger partial charge on any atom is -0.414 e. The molecule has 1 aromatic carbocycles. The highest BCUT2D eigenvalue weighted by atomic mass is 28.4. The van der Waals surface area contributed by atoms with E-state index in [1.165, 1.54) is 11.3 Å². The minimum absolute atomic E-state index is 0.341. The molecule has 23 heavy (non-hydrogen) atoms. The van der Waals surface area contributed by atoms with Gasteiger partial charge in [0.25, 0.3) is 0 Å². The molecule has 1 atom stereocenters. The summed E-state index contributed by atoms with van der Waals surface area (Å²) >= 11 is 0. The van der Waals surface area contributed by atoms with Crippen LogP contribution in [-0.4, -0.2) is 26.7 Å². The van der Waals surface area contributed by atoms with Crippen molar-refractivity contribution in [2.24, 2.45) is 4.99 Å². The number of hydrogen-bond donors (Lipinski definition) is 0. The predicted molar refractivity (Wildman–Crippen MR) is 103 cm³/mol. The van der Waals surface area contributed by atoms with Crippen molar-refractivity contribution < 1.29 is 4.43 Å². The zero-order chi connectivity index (χ0) is 17.0. The maximum atomic E-state index is 6.71. The van der Waals surface area contributed by atoms with Crippen molar-refractivity contribution in [1.82, 2.24) is 0 Å². The lowest BCUT2D eigenvalue weighted by atomic mass is 10.1. The van der Waals surface area contributed by atoms with E-state index in [4.69, 9.17) is 9.42 Å². The summed E-state index contributed by atoms with van der Waals surface area (Å²) in [5.74, 6) is 0. The Bertz CT molecular complexity index is 500. The first-order valence-corrected chi connectivity index (χ1v) is 11.3. The molecule has 0 aromatic heterocycles. The minimum atomic E-state index is -1.77. The molecule has 0 N–H and O–H groups in total. The van der Waals surface area contributed by atoms with Gasteiger partial charge in [-0.25, -0.2) is 0 Å². The van der Waals surface area contributed by atoms with Crippen LogP contribution in [0.3, 0.4) is 0 Å². The summed E-state index contributed by atoms with van der Waals surface area (Å²) in [7, 11) is -1.77. The first-order chi connectivity index (χ1) is 10.9. The molecule has 1 heterocycles. The third-order valence-corrected chi connectivity index (χ3v) is 11.5. The zero-order valence-electron chi connectivity index (χ0n) is 15.7. The van der Waals surface area contributed by atoms with E-state index in [2.05, 4.69) is 71.9 Å². The van der Waals surface area contributed by atoms with Crippen LogP contribution in [0.1, 0.15) is 59.9 Å². The molecule has 0 fully saturated rings. The van der Waals surface area contributed by atoms with Gasteiger partial charge in [-0.2, -0.15) is 0 Å². The molecule has 3 heteroatoms. The fraction of sp³-hybridized carbons (Fsp3) is 0.650. The number of nitrogens with zero attached hydrogens (tertiary/aromatic N) is 1. The molecule has 0 unspecified atom stereocenters. The number of aliphatic imine (C=N–C) groups is 1. The molecule has 0 aliphatic carbocycles. The van der Waals surface area contributed by atoms with Gasteiger partial charge in [-0.1, -0.05) is 71.9 Å². The highest BCUT2D eigenvalue weighted by Gasteiger charge is 2.45. The smallest absolute Gasteiger partial charge is 0.200 e. The van der Waals surface area contributed by atoms with Gasteiger partial charge in [0, 0.05) is 5.71 Å². The monoisotopic (exact) mass is 331 g/mol. The average molecular weight is 332 g/mol. The highest BCUT2D eigenvalue weighted by Crippen LogP contribution is 2.42. The fourth-order valence-electron chi connectivity index (χ4n) is 4.36. The lowest BCUT2D eigenvalue weighted by Gasteiger charge is -2.42. The molecule has 1 aliphatic rings. The summed E-state index contributed by atoms with van der Waals surface area (Å²) < 4.78 is 6.71. The molecule has 0 saturated heterocycles. The Morgan fingerprint density at radius 2 is 1.57 bits per heavy atom. The standard InChI is InChI=1S/C20H33NOSi/c1-15(2)23(16(3)4,17(5)6)22-14-19-12-13-20(21-19)18-10-8-7-9-11-18/h7-11,15-17,19H,12-14H2,1-6H3/t19-/m0/s1. The van der Waals surface area contributed by atoms with E-state index in [0.29, 0.717) is 22.7 Å². The van der Waals surface area contributed by atoms with Crippen LogP contribution in [0.15, 0.2) is 35.3 Å². The molecule has 0 saturated carbocycles. The van der Waals surface area contributed by atoms with Crippen molar-refractivity contribution >= 4 is 14.0 Å². The summed E-state index contributed by atoms with van der Waals surface area (Å²) in [6.45, 7) is 14.9. The molecule has 2 nitrogen and oxygen atoms in total. The van der Waals surface area contributed by atoms with Gasteiger partial charge in [-0.05, 0) is 35.0 Å². The van der Waals surface area contributed by atoms with Crippen molar-refractivity contribution in [1.29, 1.82) is 0 Å². The molecule has 0 bridgehead atoms. The van der Waals surface area contributed by atoms with Gasteiger partial charge >= 0.3 is 0 Å². The first-order valence-electron chi connectivity index (χ1n) is 9.14. The molecule has 128 valence electrons. The third kappa shape index (κ3) is 3.94. The van der Waals surface area contributed by atoms with Crippen LogP contribution < -0.4 is 0 Å². The quantitative estimate of drug-likeness (QED) is 0.576. The average Bonchev–Trinajstić information content (AvgIpc) is 2.96. The maximum absolute atomic E-state index is 6.71. The van der Waals surface area contributed by atoms with Crippen molar-refractivity contribution in [3.63, 3.8) is 0 Å². The van der Waals surface area contributed by atoms with Gasteiger partial charge in [-0.15, -0.1) is 0 Å². The Balaban J connectivity index is 2.06. The second-order valence-corrected chi connectivity index (χ2v) is 13.2. The van der Waals surface area contributed by atoms with E-state index in [-0.39, 0.29) is 0 Å². The maximum Gasteiger partial charge on any atom is 0.200 e. The number of benzene rings is 1. The summed E-state index contributed by atoms with van der Waals surface area (Å²) in [6, 6.07) is 10.9. The summed E-state index contributed by atoms with van der Waals surface area (Å²) in [5.41, 5.74) is 4.45. The van der Waals surface area contributed by atoms with Crippen molar-refractivity contribution in [3.8, 4) is 0 Å². The molecule has 0 spiro atoms. The van der Waals surface area contributed by atoms with E-state index in [9.17, 15) is 0 Å². The fourth-order valence-corrected chi connectivity index (χ4v) is 9.84. The third-order valence-electron chi connectivity index (χ3n) is 5.39. The van der Waals surface area contributed by atoms with Gasteiger partial charge in [0.2, 0.25) is 0 Å². The molecule has 1 aromatic rings. The lowest BCUT2D eigenvalue weighted by Crippen LogP contribution is -2.48. The molecular weight excluding hydrogens is 298 g/mol. The van der Waals surface area contributed by atoms with Crippen LogP contribution >= 0.6 is 0 Å². The first kappa shape index (κ1) is 18.4. The lowest BCUT2D eigenvalue weighted by molar-refractivity contribution is 0.254. The van der Waals surface area contributed by atoms with Gasteiger partial charge in [0.05, 0.1) is 12.6 Å². The molecule has 1 aliphatic heterocycles. The Kier molecular flexibility index (Phi) is 6.21. The van der Waals surface area contributed by atoms with Gasteiger partial charge in [0.1, 0.15) is 0 Å². The molecule has 0 amide bonds. The van der Waals surface area contributed by atoms with E-state index < -0.39 is 8.32 Å². The summed E-state index contributed by atoms with van der Waals surface area (Å²) in [4.78, 5) is 4.95. The van der Waals surface area contributed by atoms with Crippen LogP contribution in [0.2, 0.25) is 16.6 Å². The van der Waals surface area contributed by atoms with Crippen LogP contribution in [0.5, 0.6) is 0 Å². The molecular formula is C20H33NOSi. The van der Waals surface area contributed by atoms with Crippen LogP contribution in [0.4, 0.5) is 0 Å². The Labute approximate surface area is 143 Å². The summed E-state index contributed by atoms with van der Waals surface area (Å²) in [5, 5.41) is 0. The second kappa shape index (κ2) is 7.76. The Morgan fingerprint density at radius 1 is 1.00 bits per heavy atom. The zero-order valence-corrected chi connectivity index (χ0v) is 16.7.